The maximum atomic E-state index is 13.1. The maximum absolute atomic E-state index is 13.1. The zero-order chi connectivity index (χ0) is 22.1. The molecule has 3 fully saturated rings. The Hall–Kier alpha value is -2.26. The number of nitrogens with zero attached hydrogens (tertiary/aromatic N) is 3. The lowest BCUT2D eigenvalue weighted by Crippen LogP contribution is -2.52. The number of hydrogen-bond acceptors (Lipinski definition) is 7. The summed E-state index contributed by atoms with van der Waals surface area (Å²) in [4.78, 5) is 36.3. The van der Waals surface area contributed by atoms with E-state index in [9.17, 15) is 9.59 Å². The topological polar surface area (TPSA) is 103 Å². The molecular formula is C23H32N4O5. The van der Waals surface area contributed by atoms with Crippen LogP contribution >= 0.6 is 0 Å². The van der Waals surface area contributed by atoms with E-state index in [2.05, 4.69) is 15.3 Å². The summed E-state index contributed by atoms with van der Waals surface area (Å²) in [6.45, 7) is 3.51. The molecule has 5 heterocycles. The van der Waals surface area contributed by atoms with Crippen molar-refractivity contribution in [1.29, 1.82) is 0 Å². The van der Waals surface area contributed by atoms with Gasteiger partial charge in [-0.15, -0.1) is 0 Å². The molecule has 2 amide bonds. The molecule has 2 saturated heterocycles. The number of nitrogens with one attached hydrogen (secondary N) is 1. The Labute approximate surface area is 188 Å². The molecule has 1 aliphatic carbocycles. The number of fused-ring (bicyclic) bond motifs is 5. The average molecular weight is 445 g/mol. The van der Waals surface area contributed by atoms with Crippen LogP contribution in [0.3, 0.4) is 0 Å². The number of aromatic nitrogens is 2. The van der Waals surface area contributed by atoms with Crippen molar-refractivity contribution >= 4 is 11.8 Å². The van der Waals surface area contributed by atoms with Crippen LogP contribution in [0.4, 0.5) is 0 Å². The minimum atomic E-state index is -0.381. The van der Waals surface area contributed by atoms with E-state index < -0.39 is 0 Å². The first kappa shape index (κ1) is 21.6. The fraction of sp³-hybridized carbons (Fsp3) is 0.739. The predicted molar refractivity (Wildman–Crippen MR) is 114 cm³/mol. The van der Waals surface area contributed by atoms with Crippen molar-refractivity contribution in [3.8, 4) is 5.88 Å². The molecule has 1 N–H and O–H groups in total. The third-order valence-electron chi connectivity index (χ3n) is 7.38. The summed E-state index contributed by atoms with van der Waals surface area (Å²) in [5.74, 6) is 0.650. The van der Waals surface area contributed by atoms with Gasteiger partial charge >= 0.3 is 0 Å². The fourth-order valence-electron chi connectivity index (χ4n) is 5.61. The highest BCUT2D eigenvalue weighted by Gasteiger charge is 2.40. The van der Waals surface area contributed by atoms with Crippen molar-refractivity contribution in [2.75, 3.05) is 26.4 Å². The smallest absolute Gasteiger partial charge is 0.260 e. The minimum Gasteiger partial charge on any atom is -0.467 e. The normalized spacial score (nSPS) is 32.8. The molecule has 4 aliphatic heterocycles. The lowest BCUT2D eigenvalue weighted by atomic mass is 9.82. The maximum Gasteiger partial charge on any atom is 0.260 e. The van der Waals surface area contributed by atoms with Gasteiger partial charge in [0, 0.05) is 24.4 Å². The van der Waals surface area contributed by atoms with E-state index in [0.29, 0.717) is 38.0 Å². The summed E-state index contributed by atoms with van der Waals surface area (Å²) in [6.07, 6.45) is 7.50. The van der Waals surface area contributed by atoms with Crippen LogP contribution in [0.25, 0.3) is 0 Å². The zero-order valence-electron chi connectivity index (χ0n) is 18.6. The molecule has 1 aromatic rings. The van der Waals surface area contributed by atoms with Gasteiger partial charge < -0.3 is 24.4 Å². The second-order valence-electron chi connectivity index (χ2n) is 9.33. The van der Waals surface area contributed by atoms with Crippen molar-refractivity contribution < 1.29 is 23.8 Å². The zero-order valence-corrected chi connectivity index (χ0v) is 18.6. The molecule has 174 valence electrons. The predicted octanol–water partition coefficient (Wildman–Crippen LogP) is 1.48. The molecule has 1 aromatic heterocycles. The third-order valence-corrected chi connectivity index (χ3v) is 7.38. The molecular weight excluding hydrogens is 412 g/mol. The van der Waals surface area contributed by atoms with Gasteiger partial charge in [-0.1, -0.05) is 0 Å². The Morgan fingerprint density at radius 2 is 1.97 bits per heavy atom. The van der Waals surface area contributed by atoms with Crippen LogP contribution in [0.5, 0.6) is 5.88 Å². The minimum absolute atomic E-state index is 0.0808. The molecule has 32 heavy (non-hydrogen) atoms. The van der Waals surface area contributed by atoms with Crippen LogP contribution in [0.2, 0.25) is 0 Å². The standard InChI is InChI=1S/C23H32N4O5/c1-14-21-15-4-6-16(7-5-15)31-11-18-17(26-22(29)19-3-2-10-30-19)8-9-27(18)20(28)12-32-23(21)25-13-24-14/h13,15-19H,2-12H2,1H3,(H,26,29)/t15?,16?,17-,18?,19?/m0/s1. The Kier molecular flexibility index (Phi) is 6.28. The molecule has 1 saturated carbocycles. The lowest BCUT2D eigenvalue weighted by Gasteiger charge is -2.32. The number of hydrogen-bond donors (Lipinski definition) is 1. The number of amides is 2. The van der Waals surface area contributed by atoms with E-state index in [1.54, 1.807) is 4.90 Å². The molecule has 2 bridgehead atoms. The van der Waals surface area contributed by atoms with Crippen molar-refractivity contribution in [2.45, 2.75) is 82.1 Å². The second kappa shape index (κ2) is 9.31. The second-order valence-corrected chi connectivity index (χ2v) is 9.33. The van der Waals surface area contributed by atoms with Gasteiger partial charge in [-0.2, -0.15) is 0 Å². The summed E-state index contributed by atoms with van der Waals surface area (Å²) >= 11 is 0. The van der Waals surface area contributed by atoms with E-state index in [1.165, 1.54) is 6.33 Å². The number of aryl methyl sites for hydroxylation is 1. The van der Waals surface area contributed by atoms with E-state index in [-0.39, 0.29) is 42.7 Å². The first-order chi connectivity index (χ1) is 15.6. The Morgan fingerprint density at radius 3 is 2.75 bits per heavy atom. The number of carbonyl (C=O) groups is 2. The molecule has 2 unspecified atom stereocenters. The quantitative estimate of drug-likeness (QED) is 0.737. The molecule has 9 heteroatoms. The molecule has 0 radical (unpaired) electrons. The first-order valence-corrected chi connectivity index (χ1v) is 11.9. The van der Waals surface area contributed by atoms with Crippen LogP contribution < -0.4 is 10.1 Å². The molecule has 3 atom stereocenters. The number of ether oxygens (including phenoxy) is 3. The van der Waals surface area contributed by atoms with Crippen molar-refractivity contribution in [1.82, 2.24) is 20.2 Å². The van der Waals surface area contributed by atoms with Gasteiger partial charge in [-0.25, -0.2) is 9.97 Å². The van der Waals surface area contributed by atoms with Gasteiger partial charge in [0.1, 0.15) is 12.4 Å². The van der Waals surface area contributed by atoms with E-state index in [4.69, 9.17) is 14.2 Å². The van der Waals surface area contributed by atoms with Gasteiger partial charge in [-0.3, -0.25) is 9.59 Å². The Bertz CT molecular complexity index is 851. The van der Waals surface area contributed by atoms with Gasteiger partial charge in [0.15, 0.2) is 6.61 Å². The van der Waals surface area contributed by atoms with Crippen LogP contribution in [-0.2, 0) is 19.1 Å². The summed E-state index contributed by atoms with van der Waals surface area (Å²) in [6, 6.07) is -0.351. The summed E-state index contributed by atoms with van der Waals surface area (Å²) in [7, 11) is 0. The summed E-state index contributed by atoms with van der Waals surface area (Å²) < 4.78 is 17.8. The Morgan fingerprint density at radius 1 is 1.12 bits per heavy atom. The molecule has 5 aliphatic rings. The summed E-state index contributed by atoms with van der Waals surface area (Å²) in [5.41, 5.74) is 1.94. The van der Waals surface area contributed by atoms with Crippen molar-refractivity contribution in [3.05, 3.63) is 17.6 Å². The van der Waals surface area contributed by atoms with Crippen LogP contribution in [0, 0.1) is 6.92 Å². The number of carbonyl (C=O) groups excluding carboxylic acids is 2. The third kappa shape index (κ3) is 4.32. The highest BCUT2D eigenvalue weighted by Crippen LogP contribution is 2.39. The molecule has 9 nitrogen and oxygen atoms in total. The van der Waals surface area contributed by atoms with Crippen LogP contribution in [0.15, 0.2) is 6.33 Å². The van der Waals surface area contributed by atoms with E-state index in [1.807, 2.05) is 6.92 Å². The molecule has 0 aromatic carbocycles. The Balaban J connectivity index is 1.35. The molecule has 0 spiro atoms. The van der Waals surface area contributed by atoms with E-state index in [0.717, 1.165) is 49.8 Å². The van der Waals surface area contributed by atoms with Crippen LogP contribution in [0.1, 0.15) is 62.1 Å². The average Bonchev–Trinajstić information content (AvgIpc) is 3.47. The lowest BCUT2D eigenvalue weighted by molar-refractivity contribution is -0.137. The highest BCUT2D eigenvalue weighted by molar-refractivity contribution is 5.82. The SMILES string of the molecule is Cc1ncnc2c1C1CCC(CC1)OCC1[C@@H](NC(=O)C3CCCO3)CCN1C(=O)CO2. The monoisotopic (exact) mass is 444 g/mol. The van der Waals surface area contributed by atoms with Gasteiger partial charge in [0.05, 0.1) is 24.8 Å². The van der Waals surface area contributed by atoms with Gasteiger partial charge in [0.2, 0.25) is 11.8 Å². The van der Waals surface area contributed by atoms with E-state index >= 15 is 0 Å². The van der Waals surface area contributed by atoms with Gasteiger partial charge in [-0.05, 0) is 57.8 Å². The molecule has 6 rings (SSSR count). The van der Waals surface area contributed by atoms with Gasteiger partial charge in [0.25, 0.3) is 5.91 Å². The van der Waals surface area contributed by atoms with Crippen molar-refractivity contribution in [3.63, 3.8) is 0 Å². The fourth-order valence-corrected chi connectivity index (χ4v) is 5.61. The number of rotatable bonds is 2. The first-order valence-electron chi connectivity index (χ1n) is 11.9. The van der Waals surface area contributed by atoms with Crippen molar-refractivity contribution in [2.24, 2.45) is 0 Å². The summed E-state index contributed by atoms with van der Waals surface area (Å²) in [5, 5.41) is 3.13. The van der Waals surface area contributed by atoms with Crippen LogP contribution in [-0.4, -0.2) is 77.3 Å². The highest BCUT2D eigenvalue weighted by atomic mass is 16.5. The largest absolute Gasteiger partial charge is 0.467 e.